The molecule has 31 heavy (non-hydrogen) atoms. The summed E-state index contributed by atoms with van der Waals surface area (Å²) >= 11 is 0. The van der Waals surface area contributed by atoms with E-state index in [1.54, 1.807) is 12.4 Å². The fourth-order valence-electron chi connectivity index (χ4n) is 4.30. The minimum absolute atomic E-state index is 0.0324. The smallest absolute Gasteiger partial charge is 0.227 e. The number of nitrogens with zero attached hydrogens (tertiary/aromatic N) is 4. The topological polar surface area (TPSA) is 49.3 Å². The van der Waals surface area contributed by atoms with Crippen molar-refractivity contribution in [3.8, 4) is 11.1 Å². The van der Waals surface area contributed by atoms with Crippen molar-refractivity contribution < 1.29 is 4.79 Å². The molecule has 5 heteroatoms. The van der Waals surface area contributed by atoms with Gasteiger partial charge in [0.1, 0.15) is 0 Å². The summed E-state index contributed by atoms with van der Waals surface area (Å²) in [4.78, 5) is 26.2. The van der Waals surface area contributed by atoms with E-state index in [-0.39, 0.29) is 11.8 Å². The Labute approximate surface area is 184 Å². The van der Waals surface area contributed by atoms with Gasteiger partial charge in [-0.3, -0.25) is 19.7 Å². The highest BCUT2D eigenvalue weighted by Gasteiger charge is 2.30. The molecule has 0 radical (unpaired) electrons. The average molecular weight is 415 g/mol. The van der Waals surface area contributed by atoms with Gasteiger partial charge in [-0.2, -0.15) is 0 Å². The summed E-state index contributed by atoms with van der Waals surface area (Å²) in [7, 11) is 0. The van der Waals surface area contributed by atoms with E-state index in [2.05, 4.69) is 63.1 Å². The van der Waals surface area contributed by atoms with E-state index in [9.17, 15) is 4.79 Å². The van der Waals surface area contributed by atoms with Crippen LogP contribution in [0.3, 0.4) is 0 Å². The molecule has 0 aliphatic carbocycles. The van der Waals surface area contributed by atoms with Gasteiger partial charge < -0.3 is 4.90 Å². The van der Waals surface area contributed by atoms with Crippen LogP contribution in [0, 0.1) is 5.92 Å². The number of rotatable bonds is 7. The molecule has 3 heterocycles. The number of amides is 1. The molecule has 1 saturated heterocycles. The van der Waals surface area contributed by atoms with Crippen molar-refractivity contribution in [2.24, 2.45) is 5.92 Å². The van der Waals surface area contributed by atoms with Crippen LogP contribution in [0.1, 0.15) is 24.5 Å². The lowest BCUT2D eigenvalue weighted by Crippen LogP contribution is -2.37. The second kappa shape index (κ2) is 10.3. The molecule has 160 valence electrons. The maximum atomic E-state index is 13.3. The van der Waals surface area contributed by atoms with Gasteiger partial charge in [-0.1, -0.05) is 43.3 Å². The number of pyridine rings is 2. The van der Waals surface area contributed by atoms with Gasteiger partial charge in [-0.25, -0.2) is 0 Å². The number of hydrogen-bond acceptors (Lipinski definition) is 4. The SMILES string of the molecule is CCCN1CCN(Cc2cccnc2)C[C@@H](Cc2ccc(-c3cccnc3)cc2)C1=O. The Morgan fingerprint density at radius 1 is 0.903 bits per heavy atom. The van der Waals surface area contributed by atoms with Crippen LogP contribution in [0.5, 0.6) is 0 Å². The normalized spacial score (nSPS) is 17.5. The van der Waals surface area contributed by atoms with Crippen molar-refractivity contribution in [3.05, 3.63) is 84.4 Å². The molecule has 5 nitrogen and oxygen atoms in total. The van der Waals surface area contributed by atoms with Crippen LogP contribution < -0.4 is 0 Å². The minimum Gasteiger partial charge on any atom is -0.341 e. The maximum absolute atomic E-state index is 13.3. The van der Waals surface area contributed by atoms with Gasteiger partial charge in [0.15, 0.2) is 0 Å². The Morgan fingerprint density at radius 2 is 1.68 bits per heavy atom. The molecule has 3 aromatic rings. The monoisotopic (exact) mass is 414 g/mol. The zero-order valence-corrected chi connectivity index (χ0v) is 18.2. The van der Waals surface area contributed by atoms with Crippen molar-refractivity contribution in [3.63, 3.8) is 0 Å². The van der Waals surface area contributed by atoms with Gasteiger partial charge in [0.05, 0.1) is 5.92 Å². The van der Waals surface area contributed by atoms with Crippen molar-refractivity contribution in [2.75, 3.05) is 26.2 Å². The van der Waals surface area contributed by atoms with E-state index in [1.807, 2.05) is 24.5 Å². The molecule has 0 bridgehead atoms. The van der Waals surface area contributed by atoms with Gasteiger partial charge >= 0.3 is 0 Å². The quantitative estimate of drug-likeness (QED) is 0.585. The lowest BCUT2D eigenvalue weighted by molar-refractivity contribution is -0.134. The van der Waals surface area contributed by atoms with Crippen LogP contribution in [0.2, 0.25) is 0 Å². The molecule has 0 unspecified atom stereocenters. The second-order valence-electron chi connectivity index (χ2n) is 8.26. The third-order valence-electron chi connectivity index (χ3n) is 5.88. The predicted octanol–water partition coefficient (Wildman–Crippen LogP) is 4.06. The zero-order chi connectivity index (χ0) is 21.5. The first-order valence-corrected chi connectivity index (χ1v) is 11.1. The Bertz CT molecular complexity index is 960. The summed E-state index contributed by atoms with van der Waals surface area (Å²) in [6.45, 7) is 6.27. The van der Waals surface area contributed by atoms with E-state index in [4.69, 9.17) is 0 Å². The van der Waals surface area contributed by atoms with Crippen LogP contribution in [-0.2, 0) is 17.8 Å². The fraction of sp³-hybridized carbons (Fsp3) is 0.346. The molecule has 4 rings (SSSR count). The zero-order valence-electron chi connectivity index (χ0n) is 18.2. The number of carbonyl (C=O) groups is 1. The number of hydrogen-bond donors (Lipinski definition) is 0. The molecule has 1 amide bonds. The lowest BCUT2D eigenvalue weighted by Gasteiger charge is -2.24. The first-order valence-electron chi connectivity index (χ1n) is 11.1. The summed E-state index contributed by atoms with van der Waals surface area (Å²) in [5.74, 6) is 0.252. The molecule has 1 atom stereocenters. The van der Waals surface area contributed by atoms with Crippen molar-refractivity contribution in [1.29, 1.82) is 0 Å². The molecule has 2 aromatic heterocycles. The molecule has 1 aliphatic heterocycles. The van der Waals surface area contributed by atoms with Crippen molar-refractivity contribution in [2.45, 2.75) is 26.3 Å². The molecule has 0 saturated carbocycles. The van der Waals surface area contributed by atoms with E-state index >= 15 is 0 Å². The number of benzene rings is 1. The minimum atomic E-state index is -0.0324. The second-order valence-corrected chi connectivity index (χ2v) is 8.26. The molecule has 1 aliphatic rings. The van der Waals surface area contributed by atoms with Gasteiger partial charge in [0.2, 0.25) is 5.91 Å². The van der Waals surface area contributed by atoms with Gasteiger partial charge in [-0.05, 0) is 47.2 Å². The Kier molecular flexibility index (Phi) is 7.05. The summed E-state index contributed by atoms with van der Waals surface area (Å²) in [5.41, 5.74) is 4.65. The highest BCUT2D eigenvalue weighted by atomic mass is 16.2. The van der Waals surface area contributed by atoms with Gasteiger partial charge in [-0.15, -0.1) is 0 Å². The highest BCUT2D eigenvalue weighted by Crippen LogP contribution is 2.22. The summed E-state index contributed by atoms with van der Waals surface area (Å²) < 4.78 is 0. The Hall–Kier alpha value is -3.05. The lowest BCUT2D eigenvalue weighted by atomic mass is 9.95. The van der Waals surface area contributed by atoms with Gasteiger partial charge in [0, 0.05) is 57.5 Å². The first-order chi connectivity index (χ1) is 15.2. The Balaban J connectivity index is 1.49. The first kappa shape index (κ1) is 21.2. The van der Waals surface area contributed by atoms with Crippen molar-refractivity contribution in [1.82, 2.24) is 19.8 Å². The largest absolute Gasteiger partial charge is 0.341 e. The number of aromatic nitrogens is 2. The van der Waals surface area contributed by atoms with Crippen LogP contribution in [-0.4, -0.2) is 51.9 Å². The Morgan fingerprint density at radius 3 is 2.35 bits per heavy atom. The van der Waals surface area contributed by atoms with Crippen LogP contribution >= 0.6 is 0 Å². The third kappa shape index (κ3) is 5.56. The average Bonchev–Trinajstić information content (AvgIpc) is 2.95. The third-order valence-corrected chi connectivity index (χ3v) is 5.88. The van der Waals surface area contributed by atoms with E-state index < -0.39 is 0 Å². The van der Waals surface area contributed by atoms with E-state index in [0.717, 1.165) is 56.7 Å². The summed E-state index contributed by atoms with van der Waals surface area (Å²) in [6.07, 6.45) is 9.13. The molecule has 1 aromatic carbocycles. The molecular formula is C26H30N4O. The predicted molar refractivity (Wildman–Crippen MR) is 123 cm³/mol. The molecular weight excluding hydrogens is 384 g/mol. The number of carbonyl (C=O) groups excluding carboxylic acids is 1. The molecule has 0 N–H and O–H groups in total. The highest BCUT2D eigenvalue weighted by molar-refractivity contribution is 5.79. The van der Waals surface area contributed by atoms with Crippen molar-refractivity contribution >= 4 is 5.91 Å². The van der Waals surface area contributed by atoms with Gasteiger partial charge in [0.25, 0.3) is 0 Å². The maximum Gasteiger partial charge on any atom is 0.227 e. The van der Waals surface area contributed by atoms with Crippen LogP contribution in [0.25, 0.3) is 11.1 Å². The van der Waals surface area contributed by atoms with E-state index in [1.165, 1.54) is 11.1 Å². The summed E-state index contributed by atoms with van der Waals surface area (Å²) in [6, 6.07) is 16.7. The van der Waals surface area contributed by atoms with Crippen LogP contribution in [0.4, 0.5) is 0 Å². The molecule has 0 spiro atoms. The van der Waals surface area contributed by atoms with E-state index in [0.29, 0.717) is 0 Å². The molecule has 1 fully saturated rings. The summed E-state index contributed by atoms with van der Waals surface area (Å²) in [5, 5.41) is 0. The van der Waals surface area contributed by atoms with Crippen LogP contribution in [0.15, 0.2) is 73.3 Å². The standard InChI is InChI=1S/C26H30N4O/c1-2-13-30-15-14-29(19-22-5-3-11-27-17-22)20-25(26(30)31)16-21-7-9-23(10-8-21)24-6-4-12-28-18-24/h3-12,17-18,25H,2,13-16,19-20H2,1H3/t25-/m1/s1. The fourth-order valence-corrected chi connectivity index (χ4v) is 4.30.